The first-order valence-corrected chi connectivity index (χ1v) is 9.09. The van der Waals surface area contributed by atoms with Gasteiger partial charge in [-0.15, -0.1) is 0 Å². The highest BCUT2D eigenvalue weighted by Gasteiger charge is 2.16. The molecule has 2 aromatic carbocycles. The van der Waals surface area contributed by atoms with Crippen molar-refractivity contribution in [2.24, 2.45) is 0 Å². The summed E-state index contributed by atoms with van der Waals surface area (Å²) < 4.78 is 40.1. The highest BCUT2D eigenvalue weighted by molar-refractivity contribution is 7.87. The van der Waals surface area contributed by atoms with Gasteiger partial charge in [0.2, 0.25) is 0 Å². The van der Waals surface area contributed by atoms with Gasteiger partial charge in [-0.2, -0.15) is 8.42 Å². The summed E-state index contributed by atoms with van der Waals surface area (Å²) in [4.78, 5) is 0.0783. The molecule has 0 unspecified atom stereocenters. The molecular weight excluding hydrogens is 328 g/mol. The lowest BCUT2D eigenvalue weighted by molar-refractivity contribution is 0.146. The van der Waals surface area contributed by atoms with Gasteiger partial charge in [0.1, 0.15) is 23.0 Å². The van der Waals surface area contributed by atoms with Gasteiger partial charge in [0.25, 0.3) is 0 Å². The summed E-state index contributed by atoms with van der Waals surface area (Å²) >= 11 is 0. The maximum Gasteiger partial charge on any atom is 0.339 e. The Morgan fingerprint density at radius 2 is 1.46 bits per heavy atom. The molecule has 0 aliphatic rings. The summed E-state index contributed by atoms with van der Waals surface area (Å²) in [6.07, 6.45) is 0. The second kappa shape index (κ2) is 8.17. The molecule has 2 aromatic rings. The fourth-order valence-corrected chi connectivity index (χ4v) is 2.96. The summed E-state index contributed by atoms with van der Waals surface area (Å²) in [7, 11) is -2.28. The van der Waals surface area contributed by atoms with E-state index in [0.29, 0.717) is 30.6 Å². The van der Waals surface area contributed by atoms with Crippen LogP contribution in [0.15, 0.2) is 53.4 Å². The van der Waals surface area contributed by atoms with Crippen LogP contribution in [0.4, 0.5) is 0 Å². The highest BCUT2D eigenvalue weighted by Crippen LogP contribution is 2.23. The molecule has 0 aromatic heterocycles. The SMILES string of the molecule is COCCOc1ccc(S(=O)(=O)Oc2ccc(C(C)C)cc2)cc1. The lowest BCUT2D eigenvalue weighted by Crippen LogP contribution is -2.10. The van der Waals surface area contributed by atoms with E-state index in [9.17, 15) is 8.42 Å². The maximum absolute atomic E-state index is 12.3. The number of rotatable bonds is 8. The topological polar surface area (TPSA) is 61.8 Å². The van der Waals surface area contributed by atoms with Gasteiger partial charge in [-0.25, -0.2) is 0 Å². The molecule has 0 N–H and O–H groups in total. The van der Waals surface area contributed by atoms with Gasteiger partial charge in [-0.3, -0.25) is 0 Å². The van der Waals surface area contributed by atoms with Crippen molar-refractivity contribution in [2.75, 3.05) is 20.3 Å². The zero-order chi connectivity index (χ0) is 17.6. The van der Waals surface area contributed by atoms with Crippen molar-refractivity contribution in [3.05, 3.63) is 54.1 Å². The molecule has 0 bridgehead atoms. The van der Waals surface area contributed by atoms with Crippen molar-refractivity contribution in [1.29, 1.82) is 0 Å². The highest BCUT2D eigenvalue weighted by atomic mass is 32.2. The fourth-order valence-electron chi connectivity index (χ4n) is 2.03. The van der Waals surface area contributed by atoms with Crippen LogP contribution in [0.1, 0.15) is 25.3 Å². The van der Waals surface area contributed by atoms with Crippen molar-refractivity contribution in [1.82, 2.24) is 0 Å². The Kier molecular flexibility index (Phi) is 6.23. The molecule has 0 spiro atoms. The quantitative estimate of drug-likeness (QED) is 0.538. The van der Waals surface area contributed by atoms with E-state index in [1.54, 1.807) is 31.4 Å². The van der Waals surface area contributed by atoms with E-state index in [0.717, 1.165) is 5.56 Å². The van der Waals surface area contributed by atoms with E-state index in [2.05, 4.69) is 13.8 Å². The third-order valence-electron chi connectivity index (χ3n) is 3.42. The Bertz CT molecular complexity index is 734. The van der Waals surface area contributed by atoms with Crippen LogP contribution < -0.4 is 8.92 Å². The minimum atomic E-state index is -3.87. The number of benzene rings is 2. The molecule has 0 aliphatic carbocycles. The van der Waals surface area contributed by atoms with E-state index in [-0.39, 0.29) is 4.90 Å². The van der Waals surface area contributed by atoms with E-state index in [1.165, 1.54) is 12.1 Å². The van der Waals surface area contributed by atoms with E-state index in [4.69, 9.17) is 13.7 Å². The van der Waals surface area contributed by atoms with Crippen molar-refractivity contribution in [2.45, 2.75) is 24.7 Å². The smallest absolute Gasteiger partial charge is 0.339 e. The summed E-state index contributed by atoms with van der Waals surface area (Å²) in [6, 6.07) is 13.1. The first kappa shape index (κ1) is 18.3. The van der Waals surface area contributed by atoms with Gasteiger partial charge >= 0.3 is 10.1 Å². The Morgan fingerprint density at radius 1 is 0.875 bits per heavy atom. The monoisotopic (exact) mass is 350 g/mol. The molecule has 0 saturated carbocycles. The molecule has 0 saturated heterocycles. The molecule has 2 rings (SSSR count). The van der Waals surface area contributed by atoms with Crippen LogP contribution in [0.2, 0.25) is 0 Å². The second-order valence-corrected chi connectivity index (χ2v) is 7.12. The van der Waals surface area contributed by atoms with Gasteiger partial charge in [0, 0.05) is 7.11 Å². The molecule has 6 heteroatoms. The minimum absolute atomic E-state index is 0.0783. The number of hydrogen-bond donors (Lipinski definition) is 0. The van der Waals surface area contributed by atoms with Crippen molar-refractivity contribution >= 4 is 10.1 Å². The predicted molar refractivity (Wildman–Crippen MR) is 92.2 cm³/mol. The Labute approximate surface area is 143 Å². The summed E-state index contributed by atoms with van der Waals surface area (Å²) in [6.45, 7) is 5.02. The average Bonchev–Trinajstić information content (AvgIpc) is 2.56. The van der Waals surface area contributed by atoms with Gasteiger partial charge in [-0.05, 0) is 47.9 Å². The maximum atomic E-state index is 12.3. The Hall–Kier alpha value is -2.05. The van der Waals surface area contributed by atoms with Gasteiger partial charge in [-0.1, -0.05) is 26.0 Å². The first-order chi connectivity index (χ1) is 11.4. The predicted octanol–water partition coefficient (Wildman–Crippen LogP) is 3.60. The molecule has 0 fully saturated rings. The summed E-state index contributed by atoms with van der Waals surface area (Å²) in [5, 5.41) is 0. The van der Waals surface area contributed by atoms with Crippen LogP contribution >= 0.6 is 0 Å². The number of hydrogen-bond acceptors (Lipinski definition) is 5. The third kappa shape index (κ3) is 4.97. The lowest BCUT2D eigenvalue weighted by Gasteiger charge is -2.10. The van der Waals surface area contributed by atoms with Gasteiger partial charge < -0.3 is 13.7 Å². The van der Waals surface area contributed by atoms with Crippen LogP contribution in [0, 0.1) is 0 Å². The Balaban J connectivity index is 2.06. The van der Waals surface area contributed by atoms with Crippen LogP contribution in [-0.4, -0.2) is 28.7 Å². The van der Waals surface area contributed by atoms with Gasteiger partial charge in [0.05, 0.1) is 6.61 Å². The molecule has 0 heterocycles. The minimum Gasteiger partial charge on any atom is -0.491 e. The zero-order valence-corrected chi connectivity index (χ0v) is 14.9. The van der Waals surface area contributed by atoms with Crippen molar-refractivity contribution in [3.63, 3.8) is 0 Å². The largest absolute Gasteiger partial charge is 0.491 e. The van der Waals surface area contributed by atoms with Gasteiger partial charge in [0.15, 0.2) is 0 Å². The molecule has 0 atom stereocenters. The molecular formula is C18H22O5S. The summed E-state index contributed by atoms with van der Waals surface area (Å²) in [5.41, 5.74) is 1.12. The summed E-state index contributed by atoms with van der Waals surface area (Å²) in [5.74, 6) is 1.24. The lowest BCUT2D eigenvalue weighted by atomic mass is 10.0. The second-order valence-electron chi connectivity index (χ2n) is 5.57. The molecule has 0 radical (unpaired) electrons. The number of ether oxygens (including phenoxy) is 2. The third-order valence-corrected chi connectivity index (χ3v) is 4.68. The van der Waals surface area contributed by atoms with Crippen LogP contribution in [-0.2, 0) is 14.9 Å². The van der Waals surface area contributed by atoms with Crippen molar-refractivity contribution < 1.29 is 22.1 Å². The molecule has 5 nitrogen and oxygen atoms in total. The molecule has 24 heavy (non-hydrogen) atoms. The zero-order valence-electron chi connectivity index (χ0n) is 14.1. The van der Waals surface area contributed by atoms with E-state index in [1.807, 2.05) is 12.1 Å². The standard InChI is InChI=1S/C18H22O5S/c1-14(2)15-4-6-17(7-5-15)23-24(19,20)18-10-8-16(9-11-18)22-13-12-21-3/h4-11,14H,12-13H2,1-3H3. The van der Waals surface area contributed by atoms with E-state index >= 15 is 0 Å². The molecule has 130 valence electrons. The van der Waals surface area contributed by atoms with E-state index < -0.39 is 10.1 Å². The first-order valence-electron chi connectivity index (χ1n) is 7.68. The number of methoxy groups -OCH3 is 1. The van der Waals surface area contributed by atoms with Crippen LogP contribution in [0.25, 0.3) is 0 Å². The molecule has 0 aliphatic heterocycles. The van der Waals surface area contributed by atoms with Crippen LogP contribution in [0.3, 0.4) is 0 Å². The normalized spacial score (nSPS) is 11.5. The fraction of sp³-hybridized carbons (Fsp3) is 0.333. The average molecular weight is 350 g/mol. The van der Waals surface area contributed by atoms with Crippen molar-refractivity contribution in [3.8, 4) is 11.5 Å². The Morgan fingerprint density at radius 3 is 2.00 bits per heavy atom. The molecule has 0 amide bonds. The van der Waals surface area contributed by atoms with Crippen LogP contribution in [0.5, 0.6) is 11.5 Å².